The zero-order chi connectivity index (χ0) is 17.3. The predicted octanol–water partition coefficient (Wildman–Crippen LogP) is 2.88. The van der Waals surface area contributed by atoms with Gasteiger partial charge in [-0.2, -0.15) is 0 Å². The van der Waals surface area contributed by atoms with E-state index in [1.807, 2.05) is 54.2 Å². The summed E-state index contributed by atoms with van der Waals surface area (Å²) in [5, 5.41) is 0. The summed E-state index contributed by atoms with van der Waals surface area (Å²) in [6.07, 6.45) is 1.70. The second-order valence-corrected chi connectivity index (χ2v) is 6.68. The summed E-state index contributed by atoms with van der Waals surface area (Å²) >= 11 is 0. The zero-order valence-corrected chi connectivity index (χ0v) is 14.7. The molecular weight excluding hydrogens is 300 g/mol. The molecule has 0 radical (unpaired) electrons. The van der Waals surface area contributed by atoms with Crippen LogP contribution in [-0.2, 0) is 0 Å². The monoisotopic (exact) mass is 324 g/mol. The summed E-state index contributed by atoms with van der Waals surface area (Å²) in [6, 6.07) is 11.8. The largest absolute Gasteiger partial charge is 0.378 e. The zero-order valence-electron chi connectivity index (χ0n) is 14.7. The van der Waals surface area contributed by atoms with Crippen LogP contribution < -0.4 is 14.7 Å². The third-order valence-electron chi connectivity index (χ3n) is 4.39. The van der Waals surface area contributed by atoms with Gasteiger partial charge in [-0.1, -0.05) is 19.1 Å². The molecule has 0 fully saturated rings. The molecule has 5 heteroatoms. The third kappa shape index (κ3) is 3.07. The quantitative estimate of drug-likeness (QED) is 0.851. The van der Waals surface area contributed by atoms with E-state index < -0.39 is 0 Å². The van der Waals surface area contributed by atoms with E-state index in [0.29, 0.717) is 18.2 Å². The normalized spacial score (nSPS) is 17.2. The Labute approximate surface area is 143 Å². The Balaban J connectivity index is 2.02. The summed E-state index contributed by atoms with van der Waals surface area (Å²) in [4.78, 5) is 23.5. The van der Waals surface area contributed by atoms with Gasteiger partial charge in [-0.25, -0.2) is 0 Å². The van der Waals surface area contributed by atoms with E-state index in [-0.39, 0.29) is 5.91 Å². The van der Waals surface area contributed by atoms with Gasteiger partial charge < -0.3 is 14.7 Å². The molecule has 1 aromatic carbocycles. The molecule has 0 saturated heterocycles. The second kappa shape index (κ2) is 6.51. The van der Waals surface area contributed by atoms with Crippen molar-refractivity contribution in [1.82, 2.24) is 4.98 Å². The summed E-state index contributed by atoms with van der Waals surface area (Å²) in [5.41, 5.74) is 3.49. The molecule has 2 aromatic rings. The molecule has 0 saturated carbocycles. The number of fused-ring (bicyclic) bond motifs is 1. The smallest absolute Gasteiger partial charge is 0.277 e. The second-order valence-electron chi connectivity index (χ2n) is 6.68. The van der Waals surface area contributed by atoms with Gasteiger partial charge in [0.2, 0.25) is 0 Å². The van der Waals surface area contributed by atoms with Crippen molar-refractivity contribution in [3.8, 4) is 0 Å². The van der Waals surface area contributed by atoms with Gasteiger partial charge in [-0.05, 0) is 30.2 Å². The van der Waals surface area contributed by atoms with Crippen LogP contribution in [0.5, 0.6) is 0 Å². The van der Waals surface area contributed by atoms with Gasteiger partial charge >= 0.3 is 0 Å². The van der Waals surface area contributed by atoms with Crippen LogP contribution in [0.25, 0.3) is 0 Å². The highest BCUT2D eigenvalue weighted by Crippen LogP contribution is 2.33. The first kappa shape index (κ1) is 16.3. The number of pyridine rings is 1. The molecule has 24 heavy (non-hydrogen) atoms. The van der Waals surface area contributed by atoms with Gasteiger partial charge in [0.25, 0.3) is 5.91 Å². The minimum atomic E-state index is -0.0479. The molecule has 2 heterocycles. The fourth-order valence-corrected chi connectivity index (χ4v) is 3.19. The van der Waals surface area contributed by atoms with Crippen LogP contribution >= 0.6 is 0 Å². The van der Waals surface area contributed by atoms with Crippen molar-refractivity contribution in [1.29, 1.82) is 0 Å². The molecule has 1 aromatic heterocycles. The lowest BCUT2D eigenvalue weighted by Crippen LogP contribution is -2.35. The van der Waals surface area contributed by atoms with Gasteiger partial charge in [0.1, 0.15) is 5.69 Å². The number of aromatic nitrogens is 1. The molecule has 1 atom stereocenters. The number of nitrogens with zero attached hydrogens (tertiary/aromatic N) is 4. The SMILES string of the molecule is CC1CN(C)c2ccccc2N(C(=O)c2cc(N(C)C)ccn2)C1. The lowest BCUT2D eigenvalue weighted by molar-refractivity contribution is 0.0979. The standard InChI is InChI=1S/C19H24N4O/c1-14-12-22(4)17-7-5-6-8-18(17)23(13-14)19(24)16-11-15(21(2)3)9-10-20-16/h5-11,14H,12-13H2,1-4H3. The van der Waals surface area contributed by atoms with E-state index in [0.717, 1.165) is 23.6 Å². The van der Waals surface area contributed by atoms with Crippen molar-refractivity contribution in [3.05, 3.63) is 48.3 Å². The van der Waals surface area contributed by atoms with Crippen LogP contribution in [0.1, 0.15) is 17.4 Å². The number of rotatable bonds is 2. The maximum atomic E-state index is 13.2. The maximum Gasteiger partial charge on any atom is 0.277 e. The van der Waals surface area contributed by atoms with Crippen molar-refractivity contribution in [2.75, 3.05) is 48.9 Å². The summed E-state index contributed by atoms with van der Waals surface area (Å²) in [7, 11) is 6.00. The molecular formula is C19H24N4O. The average Bonchev–Trinajstić information content (AvgIpc) is 2.71. The van der Waals surface area contributed by atoms with Crippen molar-refractivity contribution in [2.45, 2.75) is 6.92 Å². The summed E-state index contributed by atoms with van der Waals surface area (Å²) in [6.45, 7) is 3.78. The van der Waals surface area contributed by atoms with Gasteiger partial charge in [0.05, 0.1) is 11.4 Å². The van der Waals surface area contributed by atoms with Crippen LogP contribution in [0.2, 0.25) is 0 Å². The number of carbonyl (C=O) groups excluding carboxylic acids is 1. The number of carbonyl (C=O) groups is 1. The van der Waals surface area contributed by atoms with Crippen molar-refractivity contribution in [3.63, 3.8) is 0 Å². The Kier molecular flexibility index (Phi) is 4.42. The van der Waals surface area contributed by atoms with E-state index in [4.69, 9.17) is 0 Å². The molecule has 1 amide bonds. The van der Waals surface area contributed by atoms with Crippen LogP contribution in [0, 0.1) is 5.92 Å². The highest BCUT2D eigenvalue weighted by Gasteiger charge is 2.28. The third-order valence-corrected chi connectivity index (χ3v) is 4.39. The molecule has 1 unspecified atom stereocenters. The van der Waals surface area contributed by atoms with Crippen molar-refractivity contribution in [2.24, 2.45) is 5.92 Å². The molecule has 1 aliphatic rings. The first-order valence-corrected chi connectivity index (χ1v) is 8.23. The van der Waals surface area contributed by atoms with Gasteiger partial charge in [0, 0.05) is 46.1 Å². The minimum absolute atomic E-state index is 0.0479. The first-order chi connectivity index (χ1) is 11.5. The van der Waals surface area contributed by atoms with E-state index in [1.54, 1.807) is 6.20 Å². The number of amides is 1. The average molecular weight is 324 g/mol. The summed E-state index contributed by atoms with van der Waals surface area (Å²) < 4.78 is 0. The first-order valence-electron chi connectivity index (χ1n) is 8.23. The Morgan fingerprint density at radius 2 is 1.88 bits per heavy atom. The van der Waals surface area contributed by atoms with Crippen molar-refractivity contribution < 1.29 is 4.79 Å². The molecule has 5 nitrogen and oxygen atoms in total. The molecule has 3 rings (SSSR count). The number of para-hydroxylation sites is 2. The highest BCUT2D eigenvalue weighted by molar-refractivity contribution is 6.07. The maximum absolute atomic E-state index is 13.2. The molecule has 126 valence electrons. The van der Waals surface area contributed by atoms with Crippen LogP contribution in [-0.4, -0.2) is 45.1 Å². The molecule has 0 N–H and O–H groups in total. The minimum Gasteiger partial charge on any atom is -0.378 e. The fourth-order valence-electron chi connectivity index (χ4n) is 3.19. The fraction of sp³-hybridized carbons (Fsp3) is 0.368. The molecule has 1 aliphatic heterocycles. The Hall–Kier alpha value is -2.56. The lowest BCUT2D eigenvalue weighted by atomic mass is 10.1. The van der Waals surface area contributed by atoms with E-state index >= 15 is 0 Å². The van der Waals surface area contributed by atoms with Crippen molar-refractivity contribution >= 4 is 23.0 Å². The highest BCUT2D eigenvalue weighted by atomic mass is 16.2. The lowest BCUT2D eigenvalue weighted by Gasteiger charge is -2.24. The van der Waals surface area contributed by atoms with Gasteiger partial charge in [0.15, 0.2) is 0 Å². The van der Waals surface area contributed by atoms with Gasteiger partial charge in [-0.3, -0.25) is 9.78 Å². The number of anilines is 3. The van der Waals surface area contributed by atoms with Crippen LogP contribution in [0.4, 0.5) is 17.1 Å². The topological polar surface area (TPSA) is 39.7 Å². The number of hydrogen-bond acceptors (Lipinski definition) is 4. The van der Waals surface area contributed by atoms with Crippen LogP contribution in [0.15, 0.2) is 42.6 Å². The molecule has 0 bridgehead atoms. The number of hydrogen-bond donors (Lipinski definition) is 0. The Morgan fingerprint density at radius 1 is 1.17 bits per heavy atom. The predicted molar refractivity (Wildman–Crippen MR) is 99.1 cm³/mol. The van der Waals surface area contributed by atoms with E-state index in [2.05, 4.69) is 29.9 Å². The van der Waals surface area contributed by atoms with E-state index in [9.17, 15) is 4.79 Å². The molecule has 0 aliphatic carbocycles. The van der Waals surface area contributed by atoms with Crippen LogP contribution in [0.3, 0.4) is 0 Å². The van der Waals surface area contributed by atoms with E-state index in [1.165, 1.54) is 0 Å². The Bertz CT molecular complexity index is 744. The number of benzene rings is 1. The Morgan fingerprint density at radius 3 is 2.58 bits per heavy atom. The van der Waals surface area contributed by atoms with Gasteiger partial charge in [-0.15, -0.1) is 0 Å². The summed E-state index contributed by atoms with van der Waals surface area (Å²) in [5.74, 6) is 0.330. The molecule has 0 spiro atoms.